The summed E-state index contributed by atoms with van der Waals surface area (Å²) in [5.41, 5.74) is 0.801. The first-order valence-electron chi connectivity index (χ1n) is 8.63. The number of nitrogens with one attached hydrogen (secondary N) is 1. The van der Waals surface area contributed by atoms with Crippen molar-refractivity contribution in [2.24, 2.45) is 0 Å². The molecule has 1 heterocycles. The lowest BCUT2D eigenvalue weighted by Gasteiger charge is -2.27. The number of nitrogens with zero attached hydrogens (tertiary/aromatic N) is 1. The van der Waals surface area contributed by atoms with E-state index in [-0.39, 0.29) is 11.4 Å². The predicted molar refractivity (Wildman–Crippen MR) is 93.1 cm³/mol. The monoisotopic (exact) mass is 318 g/mol. The molecule has 2 rings (SSSR count). The second kappa shape index (κ2) is 7.93. The quantitative estimate of drug-likeness (QED) is 0.848. The molecule has 0 spiro atoms. The predicted octanol–water partition coefficient (Wildman–Crippen LogP) is 2.88. The minimum absolute atomic E-state index is 0.103. The Morgan fingerprint density at radius 1 is 1.35 bits per heavy atom. The van der Waals surface area contributed by atoms with E-state index < -0.39 is 6.10 Å². The van der Waals surface area contributed by atoms with E-state index in [1.807, 2.05) is 51.1 Å². The maximum absolute atomic E-state index is 12.0. The highest BCUT2D eigenvalue weighted by molar-refractivity contribution is 5.76. The fraction of sp³-hybridized carbons (Fsp3) is 0.632. The molecule has 0 radical (unpaired) electrons. The summed E-state index contributed by atoms with van der Waals surface area (Å²) in [6.07, 6.45) is 3.09. The van der Waals surface area contributed by atoms with E-state index in [2.05, 4.69) is 10.2 Å². The molecule has 2 unspecified atom stereocenters. The number of amides is 1. The molecular weight excluding hydrogens is 288 g/mol. The standard InChI is InChI=1S/C19H30N2O2/c1-19(2,3)20-18(23)11-13-21-12-7-10-16(21)14-17(22)15-8-5-4-6-9-15/h4-6,8-9,16-17,22H,7,10-14H2,1-3H3,(H,20,23). The van der Waals surface area contributed by atoms with E-state index in [1.54, 1.807) is 0 Å². The third kappa shape index (κ3) is 5.96. The van der Waals surface area contributed by atoms with Crippen molar-refractivity contribution in [3.05, 3.63) is 35.9 Å². The normalized spacial score (nSPS) is 20.4. The van der Waals surface area contributed by atoms with Gasteiger partial charge in [-0.15, -0.1) is 0 Å². The molecule has 1 aromatic rings. The summed E-state index contributed by atoms with van der Waals surface area (Å²) in [6.45, 7) is 7.79. The van der Waals surface area contributed by atoms with Crippen molar-refractivity contribution in [2.75, 3.05) is 13.1 Å². The molecule has 1 aromatic carbocycles. The summed E-state index contributed by atoms with van der Waals surface area (Å²) < 4.78 is 0. The van der Waals surface area contributed by atoms with E-state index in [0.29, 0.717) is 12.5 Å². The second-order valence-electron chi connectivity index (χ2n) is 7.54. The molecule has 0 aromatic heterocycles. The van der Waals surface area contributed by atoms with Crippen LogP contribution in [0, 0.1) is 0 Å². The van der Waals surface area contributed by atoms with Gasteiger partial charge in [0, 0.05) is 24.5 Å². The highest BCUT2D eigenvalue weighted by Gasteiger charge is 2.27. The van der Waals surface area contributed by atoms with Crippen LogP contribution < -0.4 is 5.32 Å². The largest absolute Gasteiger partial charge is 0.388 e. The Balaban J connectivity index is 1.82. The van der Waals surface area contributed by atoms with Gasteiger partial charge in [-0.05, 0) is 52.1 Å². The van der Waals surface area contributed by atoms with Gasteiger partial charge in [0.25, 0.3) is 0 Å². The molecule has 4 heteroatoms. The van der Waals surface area contributed by atoms with Gasteiger partial charge in [0.05, 0.1) is 6.10 Å². The number of benzene rings is 1. The van der Waals surface area contributed by atoms with Crippen LogP contribution in [0.15, 0.2) is 30.3 Å². The molecular formula is C19H30N2O2. The first-order chi connectivity index (χ1) is 10.8. The maximum Gasteiger partial charge on any atom is 0.221 e. The Bertz CT molecular complexity index is 496. The molecule has 1 aliphatic heterocycles. The highest BCUT2D eigenvalue weighted by atomic mass is 16.3. The molecule has 4 nitrogen and oxygen atoms in total. The fourth-order valence-electron chi connectivity index (χ4n) is 3.25. The second-order valence-corrected chi connectivity index (χ2v) is 7.54. The maximum atomic E-state index is 12.0. The van der Waals surface area contributed by atoms with Crippen LogP contribution in [-0.4, -0.2) is 40.6 Å². The van der Waals surface area contributed by atoms with Crippen molar-refractivity contribution in [1.29, 1.82) is 0 Å². The SMILES string of the molecule is CC(C)(C)NC(=O)CCN1CCCC1CC(O)c1ccccc1. The van der Waals surface area contributed by atoms with Gasteiger partial charge < -0.3 is 10.4 Å². The molecule has 128 valence electrons. The van der Waals surface area contributed by atoms with Gasteiger partial charge in [-0.2, -0.15) is 0 Å². The molecule has 2 atom stereocenters. The first-order valence-corrected chi connectivity index (χ1v) is 8.63. The number of likely N-dealkylation sites (tertiary alicyclic amines) is 1. The fourth-order valence-corrected chi connectivity index (χ4v) is 3.25. The Kier molecular flexibility index (Phi) is 6.19. The summed E-state index contributed by atoms with van der Waals surface area (Å²) in [4.78, 5) is 14.3. The van der Waals surface area contributed by atoms with Crippen LogP contribution in [0.1, 0.15) is 58.1 Å². The lowest BCUT2D eigenvalue weighted by molar-refractivity contribution is -0.122. The van der Waals surface area contributed by atoms with Crippen LogP contribution in [-0.2, 0) is 4.79 Å². The lowest BCUT2D eigenvalue weighted by atomic mass is 10.0. The number of rotatable bonds is 6. The number of carbonyl (C=O) groups excluding carboxylic acids is 1. The number of aliphatic hydroxyl groups excluding tert-OH is 1. The highest BCUT2D eigenvalue weighted by Crippen LogP contribution is 2.27. The Labute approximate surface area is 139 Å². The van der Waals surface area contributed by atoms with Gasteiger partial charge >= 0.3 is 0 Å². The first kappa shape index (κ1) is 18.0. The zero-order valence-electron chi connectivity index (χ0n) is 14.6. The van der Waals surface area contributed by atoms with Crippen LogP contribution in [0.25, 0.3) is 0 Å². The third-order valence-corrected chi connectivity index (χ3v) is 4.32. The molecule has 1 saturated heterocycles. The molecule has 0 aliphatic carbocycles. The van der Waals surface area contributed by atoms with Crippen LogP contribution >= 0.6 is 0 Å². The summed E-state index contributed by atoms with van der Waals surface area (Å²) >= 11 is 0. The molecule has 0 bridgehead atoms. The summed E-state index contributed by atoms with van der Waals surface area (Å²) in [6, 6.07) is 10.2. The van der Waals surface area contributed by atoms with Crippen molar-refractivity contribution in [3.63, 3.8) is 0 Å². The average Bonchev–Trinajstić information content (AvgIpc) is 2.91. The molecule has 1 amide bonds. The van der Waals surface area contributed by atoms with Gasteiger partial charge in [-0.3, -0.25) is 9.69 Å². The molecule has 2 N–H and O–H groups in total. The average molecular weight is 318 g/mol. The van der Waals surface area contributed by atoms with Gasteiger partial charge in [-0.25, -0.2) is 0 Å². The summed E-state index contributed by atoms with van der Waals surface area (Å²) in [5.74, 6) is 0.103. The van der Waals surface area contributed by atoms with E-state index in [1.165, 1.54) is 0 Å². The van der Waals surface area contributed by atoms with Crippen LogP contribution in [0.2, 0.25) is 0 Å². The Morgan fingerprint density at radius 2 is 2.04 bits per heavy atom. The van der Waals surface area contributed by atoms with E-state index in [9.17, 15) is 9.90 Å². The minimum Gasteiger partial charge on any atom is -0.388 e. The minimum atomic E-state index is -0.426. The Morgan fingerprint density at radius 3 is 2.70 bits per heavy atom. The summed E-state index contributed by atoms with van der Waals surface area (Å²) in [7, 11) is 0. The number of hydrogen-bond acceptors (Lipinski definition) is 3. The van der Waals surface area contributed by atoms with Crippen molar-refractivity contribution in [3.8, 4) is 0 Å². The molecule has 0 saturated carbocycles. The van der Waals surface area contributed by atoms with Gasteiger partial charge in [-0.1, -0.05) is 30.3 Å². The zero-order valence-corrected chi connectivity index (χ0v) is 14.6. The van der Waals surface area contributed by atoms with Crippen molar-refractivity contribution < 1.29 is 9.90 Å². The van der Waals surface area contributed by atoms with E-state index in [0.717, 1.165) is 37.9 Å². The molecule has 1 fully saturated rings. The van der Waals surface area contributed by atoms with E-state index >= 15 is 0 Å². The zero-order chi connectivity index (χ0) is 16.9. The van der Waals surface area contributed by atoms with Crippen LogP contribution in [0.4, 0.5) is 0 Å². The van der Waals surface area contributed by atoms with Crippen molar-refractivity contribution in [1.82, 2.24) is 10.2 Å². The molecule has 1 aliphatic rings. The van der Waals surface area contributed by atoms with Gasteiger partial charge in [0.2, 0.25) is 5.91 Å². The number of aliphatic hydroxyl groups is 1. The topological polar surface area (TPSA) is 52.6 Å². The van der Waals surface area contributed by atoms with Crippen molar-refractivity contribution in [2.45, 2.75) is 64.1 Å². The molecule has 23 heavy (non-hydrogen) atoms. The van der Waals surface area contributed by atoms with E-state index in [4.69, 9.17) is 0 Å². The van der Waals surface area contributed by atoms with Gasteiger partial charge in [0.1, 0.15) is 0 Å². The number of hydrogen-bond donors (Lipinski definition) is 2. The smallest absolute Gasteiger partial charge is 0.221 e. The summed E-state index contributed by atoms with van der Waals surface area (Å²) in [5, 5.41) is 13.4. The van der Waals surface area contributed by atoms with Gasteiger partial charge in [0.15, 0.2) is 0 Å². The van der Waals surface area contributed by atoms with Crippen LogP contribution in [0.5, 0.6) is 0 Å². The Hall–Kier alpha value is -1.39. The lowest BCUT2D eigenvalue weighted by Crippen LogP contribution is -2.42. The third-order valence-electron chi connectivity index (χ3n) is 4.32. The van der Waals surface area contributed by atoms with Crippen molar-refractivity contribution >= 4 is 5.91 Å². The number of carbonyl (C=O) groups is 1. The van der Waals surface area contributed by atoms with Crippen LogP contribution in [0.3, 0.4) is 0 Å².